The van der Waals surface area contributed by atoms with Crippen molar-refractivity contribution in [3.63, 3.8) is 0 Å². The zero-order valence-electron chi connectivity index (χ0n) is 13.9. The molecule has 0 saturated heterocycles. The molecule has 2 rings (SSSR count). The first-order chi connectivity index (χ1) is 11.5. The van der Waals surface area contributed by atoms with Crippen LogP contribution in [0.25, 0.3) is 10.9 Å². The van der Waals surface area contributed by atoms with Crippen LogP contribution in [0.5, 0.6) is 0 Å². The van der Waals surface area contributed by atoms with Crippen molar-refractivity contribution < 1.29 is 14.3 Å². The van der Waals surface area contributed by atoms with Crippen LogP contribution >= 0.6 is 0 Å². The SMILES string of the molecule is CCOC(=O)CCCNC(=O)Cn1cnc2c(C)cccc2c1=O. The standard InChI is InChI=1S/C17H21N3O4/c1-3-24-15(22)8-5-9-18-14(21)10-20-11-19-16-12(2)6-4-7-13(16)17(20)23/h4,6-7,11H,3,5,8-10H2,1-2H3,(H,18,21). The van der Waals surface area contributed by atoms with Gasteiger partial charge < -0.3 is 10.1 Å². The fraction of sp³-hybridized carbons (Fsp3) is 0.412. The molecule has 0 saturated carbocycles. The summed E-state index contributed by atoms with van der Waals surface area (Å²) in [5, 5.41) is 3.17. The molecule has 0 aliphatic heterocycles. The number of benzene rings is 1. The Labute approximate surface area is 139 Å². The number of rotatable bonds is 7. The predicted molar refractivity (Wildman–Crippen MR) is 89.6 cm³/mol. The summed E-state index contributed by atoms with van der Waals surface area (Å²) in [5.41, 5.74) is 1.32. The Bertz CT molecular complexity index is 798. The van der Waals surface area contributed by atoms with Gasteiger partial charge in [-0.3, -0.25) is 19.0 Å². The van der Waals surface area contributed by atoms with Crippen molar-refractivity contribution in [3.05, 3.63) is 40.4 Å². The second kappa shape index (κ2) is 8.24. The van der Waals surface area contributed by atoms with Crippen molar-refractivity contribution in [3.8, 4) is 0 Å². The van der Waals surface area contributed by atoms with Gasteiger partial charge in [0, 0.05) is 13.0 Å². The number of esters is 1. The summed E-state index contributed by atoms with van der Waals surface area (Å²) in [6, 6.07) is 5.38. The first kappa shape index (κ1) is 17.7. The minimum atomic E-state index is -0.297. The largest absolute Gasteiger partial charge is 0.466 e. The molecule has 1 aromatic carbocycles. The first-order valence-electron chi connectivity index (χ1n) is 7.90. The molecule has 0 aliphatic rings. The van der Waals surface area contributed by atoms with Crippen molar-refractivity contribution in [2.24, 2.45) is 0 Å². The third-order valence-electron chi connectivity index (χ3n) is 3.55. The summed E-state index contributed by atoms with van der Waals surface area (Å²) in [6.07, 6.45) is 2.13. The number of carbonyl (C=O) groups excluding carboxylic acids is 2. The maximum absolute atomic E-state index is 12.4. The van der Waals surface area contributed by atoms with E-state index in [1.807, 2.05) is 13.0 Å². The molecule has 24 heavy (non-hydrogen) atoms. The lowest BCUT2D eigenvalue weighted by Crippen LogP contribution is -2.33. The number of para-hydroxylation sites is 1. The second-order valence-corrected chi connectivity index (χ2v) is 5.41. The average Bonchev–Trinajstić information content (AvgIpc) is 2.55. The molecule has 7 nitrogen and oxygen atoms in total. The smallest absolute Gasteiger partial charge is 0.305 e. The molecule has 7 heteroatoms. The number of aryl methyl sites for hydroxylation is 1. The minimum Gasteiger partial charge on any atom is -0.466 e. The quantitative estimate of drug-likeness (QED) is 0.607. The van der Waals surface area contributed by atoms with Gasteiger partial charge in [-0.2, -0.15) is 0 Å². The van der Waals surface area contributed by atoms with Crippen LogP contribution < -0.4 is 10.9 Å². The van der Waals surface area contributed by atoms with Gasteiger partial charge in [-0.25, -0.2) is 4.98 Å². The van der Waals surface area contributed by atoms with Gasteiger partial charge in [-0.15, -0.1) is 0 Å². The first-order valence-corrected chi connectivity index (χ1v) is 7.90. The van der Waals surface area contributed by atoms with Gasteiger partial charge in [-0.1, -0.05) is 12.1 Å². The molecule has 1 amide bonds. The molecule has 1 heterocycles. The molecule has 0 bridgehead atoms. The fourth-order valence-corrected chi connectivity index (χ4v) is 2.35. The lowest BCUT2D eigenvalue weighted by molar-refractivity contribution is -0.143. The third kappa shape index (κ3) is 4.41. The molecular weight excluding hydrogens is 310 g/mol. The van der Waals surface area contributed by atoms with Gasteiger partial charge in [0.05, 0.1) is 23.8 Å². The molecule has 0 unspecified atom stereocenters. The molecule has 1 aromatic heterocycles. The Balaban J connectivity index is 1.93. The normalized spacial score (nSPS) is 10.6. The summed E-state index contributed by atoms with van der Waals surface area (Å²) >= 11 is 0. The Morgan fingerprint density at radius 1 is 1.33 bits per heavy atom. The monoisotopic (exact) mass is 331 g/mol. The molecular formula is C17H21N3O4. The Morgan fingerprint density at radius 3 is 2.88 bits per heavy atom. The molecule has 0 radical (unpaired) electrons. The number of hydrogen-bond acceptors (Lipinski definition) is 5. The number of nitrogens with zero attached hydrogens (tertiary/aromatic N) is 2. The number of hydrogen-bond donors (Lipinski definition) is 1. The number of carbonyl (C=O) groups is 2. The second-order valence-electron chi connectivity index (χ2n) is 5.41. The van der Waals surface area contributed by atoms with Crippen LogP contribution in [0.3, 0.4) is 0 Å². The zero-order chi connectivity index (χ0) is 17.5. The number of nitrogens with one attached hydrogen (secondary N) is 1. The average molecular weight is 331 g/mol. The number of fused-ring (bicyclic) bond motifs is 1. The van der Waals surface area contributed by atoms with E-state index in [-0.39, 0.29) is 30.4 Å². The van der Waals surface area contributed by atoms with Crippen molar-refractivity contribution in [1.82, 2.24) is 14.9 Å². The molecule has 0 spiro atoms. The van der Waals surface area contributed by atoms with Crippen LogP contribution in [0.4, 0.5) is 0 Å². The predicted octanol–water partition coefficient (Wildman–Crippen LogP) is 1.16. The van der Waals surface area contributed by atoms with Crippen LogP contribution in [0.15, 0.2) is 29.3 Å². The van der Waals surface area contributed by atoms with Gasteiger partial charge in [0.15, 0.2) is 0 Å². The van der Waals surface area contributed by atoms with E-state index in [9.17, 15) is 14.4 Å². The fourth-order valence-electron chi connectivity index (χ4n) is 2.35. The highest BCUT2D eigenvalue weighted by Crippen LogP contribution is 2.10. The van der Waals surface area contributed by atoms with Crippen LogP contribution in [-0.4, -0.2) is 34.6 Å². The van der Waals surface area contributed by atoms with Crippen LogP contribution in [0.2, 0.25) is 0 Å². The van der Waals surface area contributed by atoms with Crippen molar-refractivity contribution >= 4 is 22.8 Å². The number of amides is 1. The number of aromatic nitrogens is 2. The van der Waals surface area contributed by atoms with Crippen molar-refractivity contribution in [2.75, 3.05) is 13.2 Å². The van der Waals surface area contributed by atoms with E-state index in [1.165, 1.54) is 10.9 Å². The summed E-state index contributed by atoms with van der Waals surface area (Å²) < 4.78 is 6.09. The van der Waals surface area contributed by atoms with Gasteiger partial charge in [0.25, 0.3) is 5.56 Å². The maximum atomic E-state index is 12.4. The van der Waals surface area contributed by atoms with E-state index < -0.39 is 0 Å². The minimum absolute atomic E-state index is 0.102. The molecule has 0 aliphatic carbocycles. The van der Waals surface area contributed by atoms with Crippen molar-refractivity contribution in [1.29, 1.82) is 0 Å². The Kier molecular flexibility index (Phi) is 6.06. The summed E-state index contributed by atoms with van der Waals surface area (Å²) in [7, 11) is 0. The summed E-state index contributed by atoms with van der Waals surface area (Å²) in [6.45, 7) is 4.23. The highest BCUT2D eigenvalue weighted by molar-refractivity contribution is 5.81. The van der Waals surface area contributed by atoms with E-state index in [1.54, 1.807) is 19.1 Å². The van der Waals surface area contributed by atoms with E-state index in [4.69, 9.17) is 4.74 Å². The summed E-state index contributed by atoms with van der Waals surface area (Å²) in [4.78, 5) is 39.8. The zero-order valence-corrected chi connectivity index (χ0v) is 13.9. The lowest BCUT2D eigenvalue weighted by Gasteiger charge is -2.08. The molecule has 0 fully saturated rings. The van der Waals surface area contributed by atoms with E-state index in [0.717, 1.165) is 5.56 Å². The van der Waals surface area contributed by atoms with Crippen LogP contribution in [-0.2, 0) is 20.9 Å². The molecule has 0 atom stereocenters. The van der Waals surface area contributed by atoms with Crippen molar-refractivity contribution in [2.45, 2.75) is 33.2 Å². The van der Waals surface area contributed by atoms with E-state index >= 15 is 0 Å². The van der Waals surface area contributed by atoms with Crippen LogP contribution in [0, 0.1) is 6.92 Å². The molecule has 1 N–H and O–H groups in total. The molecule has 2 aromatic rings. The number of ether oxygens (including phenoxy) is 1. The van der Waals surface area contributed by atoms with Gasteiger partial charge in [0.1, 0.15) is 6.54 Å². The molecule has 128 valence electrons. The van der Waals surface area contributed by atoms with Gasteiger partial charge >= 0.3 is 5.97 Å². The Hall–Kier alpha value is -2.70. The topological polar surface area (TPSA) is 90.3 Å². The maximum Gasteiger partial charge on any atom is 0.305 e. The van der Waals surface area contributed by atoms with E-state index in [2.05, 4.69) is 10.3 Å². The summed E-state index contributed by atoms with van der Waals surface area (Å²) in [5.74, 6) is -0.577. The van der Waals surface area contributed by atoms with Gasteiger partial charge in [0.2, 0.25) is 5.91 Å². The highest BCUT2D eigenvalue weighted by Gasteiger charge is 2.09. The highest BCUT2D eigenvalue weighted by atomic mass is 16.5. The van der Waals surface area contributed by atoms with Crippen LogP contribution in [0.1, 0.15) is 25.3 Å². The van der Waals surface area contributed by atoms with E-state index in [0.29, 0.717) is 30.5 Å². The van der Waals surface area contributed by atoms with Gasteiger partial charge in [-0.05, 0) is 31.9 Å². The third-order valence-corrected chi connectivity index (χ3v) is 3.55. The lowest BCUT2D eigenvalue weighted by atomic mass is 10.1. The Morgan fingerprint density at radius 2 is 2.12 bits per heavy atom.